The van der Waals surface area contributed by atoms with E-state index in [2.05, 4.69) is 10.2 Å². The zero-order chi connectivity index (χ0) is 12.4. The molecule has 17 heavy (non-hydrogen) atoms. The highest BCUT2D eigenvalue weighted by Gasteiger charge is 2.09. The molecule has 2 rings (SSSR count). The van der Waals surface area contributed by atoms with Gasteiger partial charge in [0.25, 0.3) is 0 Å². The molecule has 0 aliphatic heterocycles. The molecule has 2 aromatic heterocycles. The van der Waals surface area contributed by atoms with Gasteiger partial charge in [-0.2, -0.15) is 0 Å². The number of hydrogen-bond donors (Lipinski definition) is 1. The fraction of sp³-hybridized carbons (Fsp3) is 0.300. The van der Waals surface area contributed by atoms with Gasteiger partial charge in [-0.1, -0.05) is 0 Å². The summed E-state index contributed by atoms with van der Waals surface area (Å²) in [6, 6.07) is 1.68. The van der Waals surface area contributed by atoms with Gasteiger partial charge >= 0.3 is 5.97 Å². The van der Waals surface area contributed by atoms with Gasteiger partial charge in [0.2, 0.25) is 0 Å². The lowest BCUT2D eigenvalue weighted by Crippen LogP contribution is -1.97. The molecule has 2 aromatic rings. The Morgan fingerprint density at radius 2 is 2.35 bits per heavy atom. The summed E-state index contributed by atoms with van der Waals surface area (Å²) in [5, 5.41) is 18.7. The molecule has 0 amide bonds. The van der Waals surface area contributed by atoms with E-state index in [0.29, 0.717) is 10.6 Å². The van der Waals surface area contributed by atoms with Crippen molar-refractivity contribution in [2.24, 2.45) is 7.05 Å². The molecule has 0 aromatic carbocycles. The molecule has 2 heterocycles. The fourth-order valence-electron chi connectivity index (χ4n) is 1.23. The molecule has 5 nitrogen and oxygen atoms in total. The largest absolute Gasteiger partial charge is 0.477 e. The van der Waals surface area contributed by atoms with Gasteiger partial charge < -0.3 is 9.67 Å². The van der Waals surface area contributed by atoms with E-state index in [9.17, 15) is 4.79 Å². The van der Waals surface area contributed by atoms with Crippen LogP contribution in [0.1, 0.15) is 21.3 Å². The Morgan fingerprint density at radius 3 is 2.88 bits per heavy atom. The summed E-state index contributed by atoms with van der Waals surface area (Å²) in [7, 11) is 1.92. The number of carboxylic acids is 1. The quantitative estimate of drug-likeness (QED) is 0.862. The number of aromatic carboxylic acids is 1. The van der Waals surface area contributed by atoms with Crippen LogP contribution in [0.15, 0.2) is 16.3 Å². The van der Waals surface area contributed by atoms with E-state index >= 15 is 0 Å². The number of aryl methyl sites for hydroxylation is 1. The van der Waals surface area contributed by atoms with Crippen molar-refractivity contribution in [3.63, 3.8) is 0 Å². The molecule has 1 N–H and O–H groups in total. The number of rotatable bonds is 4. The average molecular weight is 269 g/mol. The molecule has 0 aliphatic rings. The zero-order valence-corrected chi connectivity index (χ0v) is 11.0. The van der Waals surface area contributed by atoms with Crippen molar-refractivity contribution >= 4 is 29.1 Å². The summed E-state index contributed by atoms with van der Waals surface area (Å²) in [5.74, 6) is 1.57. The maximum absolute atomic E-state index is 10.7. The summed E-state index contributed by atoms with van der Waals surface area (Å²) < 4.78 is 1.93. The number of carbonyl (C=O) groups is 1. The lowest BCUT2D eigenvalue weighted by molar-refractivity contribution is 0.0702. The maximum Gasteiger partial charge on any atom is 0.345 e. The van der Waals surface area contributed by atoms with E-state index in [1.807, 2.05) is 23.9 Å². The Morgan fingerprint density at radius 1 is 1.59 bits per heavy atom. The first-order chi connectivity index (χ1) is 8.08. The lowest BCUT2D eigenvalue weighted by atomic mass is 10.5. The number of thiophene rings is 1. The van der Waals surface area contributed by atoms with E-state index < -0.39 is 5.97 Å². The highest BCUT2D eigenvalue weighted by Crippen LogP contribution is 2.27. The molecular weight excluding hydrogens is 258 g/mol. The average Bonchev–Trinajstić information content (AvgIpc) is 2.86. The second-order valence-corrected chi connectivity index (χ2v) is 5.42. The summed E-state index contributed by atoms with van der Waals surface area (Å²) in [5.41, 5.74) is 0. The Labute approximate surface area is 106 Å². The molecule has 0 fully saturated rings. The van der Waals surface area contributed by atoms with E-state index in [1.54, 1.807) is 17.8 Å². The van der Waals surface area contributed by atoms with Crippen LogP contribution < -0.4 is 0 Å². The van der Waals surface area contributed by atoms with E-state index in [-0.39, 0.29) is 0 Å². The van der Waals surface area contributed by atoms with Crippen LogP contribution in [0.4, 0.5) is 0 Å². The van der Waals surface area contributed by atoms with Crippen molar-refractivity contribution in [1.82, 2.24) is 14.8 Å². The Hall–Kier alpha value is -1.34. The lowest BCUT2D eigenvalue weighted by Gasteiger charge is -1.99. The van der Waals surface area contributed by atoms with Gasteiger partial charge in [0.15, 0.2) is 0 Å². The van der Waals surface area contributed by atoms with E-state index in [1.165, 1.54) is 11.3 Å². The number of thioether (sulfide) groups is 1. The van der Waals surface area contributed by atoms with Gasteiger partial charge in [0.05, 0.1) is 5.75 Å². The molecule has 0 bridgehead atoms. The standard InChI is InChI=1S/C10H11N3O2S2/c1-6-11-12-9(13(6)2)5-16-7-3-8(10(14)15)17-4-7/h3-4H,5H2,1-2H3,(H,14,15). The monoisotopic (exact) mass is 269 g/mol. The SMILES string of the molecule is Cc1nnc(CSc2csc(C(=O)O)c2)n1C. The van der Waals surface area contributed by atoms with Gasteiger partial charge in [0, 0.05) is 17.3 Å². The van der Waals surface area contributed by atoms with Crippen LogP contribution in [-0.2, 0) is 12.8 Å². The van der Waals surface area contributed by atoms with Gasteiger partial charge in [-0.3, -0.25) is 0 Å². The van der Waals surface area contributed by atoms with Crippen molar-refractivity contribution in [2.45, 2.75) is 17.6 Å². The molecule has 7 heteroatoms. The van der Waals surface area contributed by atoms with Crippen molar-refractivity contribution in [2.75, 3.05) is 0 Å². The summed E-state index contributed by atoms with van der Waals surface area (Å²) in [6.45, 7) is 1.90. The minimum absolute atomic E-state index is 0.363. The van der Waals surface area contributed by atoms with Crippen molar-refractivity contribution in [1.29, 1.82) is 0 Å². The van der Waals surface area contributed by atoms with Crippen LogP contribution in [-0.4, -0.2) is 25.8 Å². The smallest absolute Gasteiger partial charge is 0.345 e. The predicted octanol–water partition coefficient (Wildman–Crippen LogP) is 2.18. The number of aromatic nitrogens is 3. The molecule has 0 saturated carbocycles. The van der Waals surface area contributed by atoms with Crippen molar-refractivity contribution in [3.05, 3.63) is 28.0 Å². The molecule has 0 atom stereocenters. The first kappa shape index (κ1) is 12.1. The molecule has 0 radical (unpaired) electrons. The molecule has 90 valence electrons. The van der Waals surface area contributed by atoms with Crippen molar-refractivity contribution < 1.29 is 9.90 Å². The van der Waals surface area contributed by atoms with Gasteiger partial charge in [0.1, 0.15) is 16.5 Å². The van der Waals surface area contributed by atoms with Gasteiger partial charge in [-0.25, -0.2) is 4.79 Å². The fourth-order valence-corrected chi connectivity index (χ4v) is 3.08. The van der Waals surface area contributed by atoms with Gasteiger partial charge in [-0.15, -0.1) is 33.3 Å². The first-order valence-corrected chi connectivity index (χ1v) is 6.74. The van der Waals surface area contributed by atoms with Crippen LogP contribution in [0.25, 0.3) is 0 Å². The zero-order valence-electron chi connectivity index (χ0n) is 9.38. The third-order valence-corrected chi connectivity index (χ3v) is 4.38. The predicted molar refractivity (Wildman–Crippen MR) is 66.6 cm³/mol. The molecule has 0 spiro atoms. The van der Waals surface area contributed by atoms with Crippen LogP contribution in [0.3, 0.4) is 0 Å². The Kier molecular flexibility index (Phi) is 3.49. The Balaban J connectivity index is 2.02. The second kappa shape index (κ2) is 4.89. The minimum atomic E-state index is -0.878. The summed E-state index contributed by atoms with van der Waals surface area (Å²) >= 11 is 2.80. The van der Waals surface area contributed by atoms with Crippen LogP contribution >= 0.6 is 23.1 Å². The highest BCUT2D eigenvalue weighted by molar-refractivity contribution is 7.98. The Bertz CT molecular complexity index is 547. The van der Waals surface area contributed by atoms with E-state index in [0.717, 1.165) is 16.5 Å². The van der Waals surface area contributed by atoms with Crippen LogP contribution in [0, 0.1) is 6.92 Å². The van der Waals surface area contributed by atoms with Crippen LogP contribution in [0.2, 0.25) is 0 Å². The molecule has 0 aliphatic carbocycles. The normalized spacial score (nSPS) is 10.7. The maximum atomic E-state index is 10.7. The third kappa shape index (κ3) is 2.67. The summed E-state index contributed by atoms with van der Waals surface area (Å²) in [4.78, 5) is 12.0. The highest BCUT2D eigenvalue weighted by atomic mass is 32.2. The van der Waals surface area contributed by atoms with E-state index in [4.69, 9.17) is 5.11 Å². The molecule has 0 unspecified atom stereocenters. The van der Waals surface area contributed by atoms with Crippen LogP contribution in [0.5, 0.6) is 0 Å². The number of hydrogen-bond acceptors (Lipinski definition) is 5. The topological polar surface area (TPSA) is 68.0 Å². The number of nitrogens with zero attached hydrogens (tertiary/aromatic N) is 3. The minimum Gasteiger partial charge on any atom is -0.477 e. The molecular formula is C10H11N3O2S2. The second-order valence-electron chi connectivity index (χ2n) is 3.46. The summed E-state index contributed by atoms with van der Waals surface area (Å²) in [6.07, 6.45) is 0. The molecule has 0 saturated heterocycles. The first-order valence-electron chi connectivity index (χ1n) is 4.87. The third-order valence-electron chi connectivity index (χ3n) is 2.34. The van der Waals surface area contributed by atoms with Gasteiger partial charge in [-0.05, 0) is 13.0 Å². The van der Waals surface area contributed by atoms with Crippen molar-refractivity contribution in [3.8, 4) is 0 Å². The number of carboxylic acid groups (broad SMARTS) is 1.